The Kier molecular flexibility index (Phi) is 4.40. The molecule has 0 aliphatic carbocycles. The summed E-state index contributed by atoms with van der Waals surface area (Å²) in [5.74, 6) is 1.03. The molecule has 0 N–H and O–H groups in total. The lowest BCUT2D eigenvalue weighted by Gasteiger charge is -2.18. The van der Waals surface area contributed by atoms with Crippen molar-refractivity contribution in [2.45, 2.75) is 19.4 Å². The summed E-state index contributed by atoms with van der Waals surface area (Å²) in [7, 11) is -0.725. The molecule has 0 unspecified atom stereocenters. The average Bonchev–Trinajstić information content (AvgIpc) is 2.84. The van der Waals surface area contributed by atoms with Crippen LogP contribution >= 0.6 is 0 Å². The highest BCUT2D eigenvalue weighted by atomic mass is 32.2. The summed E-state index contributed by atoms with van der Waals surface area (Å²) in [6.45, 7) is 1.62. The van der Waals surface area contributed by atoms with Gasteiger partial charge in [-0.3, -0.25) is 4.98 Å². The molecule has 0 bridgehead atoms. The molecule has 5 nitrogen and oxygen atoms in total. The molecule has 1 atom stereocenters. The molecule has 6 heteroatoms. The fourth-order valence-corrected chi connectivity index (χ4v) is 4.84. The Hall–Kier alpha value is -1.53. The molecule has 1 aromatic heterocycles. The summed E-state index contributed by atoms with van der Waals surface area (Å²) in [6, 6.07) is 7.84. The monoisotopic (exact) mass is 319 g/mol. The van der Waals surface area contributed by atoms with Gasteiger partial charge in [0.05, 0.1) is 34.4 Å². The summed E-state index contributed by atoms with van der Waals surface area (Å²) in [6.07, 6.45) is 3.56. The van der Waals surface area contributed by atoms with Crippen molar-refractivity contribution in [1.82, 2.24) is 14.9 Å². The van der Waals surface area contributed by atoms with Gasteiger partial charge in [0.25, 0.3) is 0 Å². The number of rotatable bonds is 5. The fourth-order valence-electron chi connectivity index (χ4n) is 2.93. The second kappa shape index (κ2) is 6.30. The molecule has 2 heterocycles. The van der Waals surface area contributed by atoms with E-state index < -0.39 is 9.84 Å². The maximum Gasteiger partial charge on any atom is 0.150 e. The third kappa shape index (κ3) is 3.81. The van der Waals surface area contributed by atoms with E-state index in [1.54, 1.807) is 0 Å². The smallest absolute Gasteiger partial charge is 0.150 e. The van der Waals surface area contributed by atoms with Crippen molar-refractivity contribution in [3.05, 3.63) is 36.2 Å². The minimum atomic E-state index is -2.77. The lowest BCUT2D eigenvalue weighted by atomic mass is 10.1. The third-order valence-electron chi connectivity index (χ3n) is 4.18. The third-order valence-corrected chi connectivity index (χ3v) is 6.01. The first kappa shape index (κ1) is 15.4. The van der Waals surface area contributed by atoms with Crippen LogP contribution in [0.4, 0.5) is 0 Å². The largest absolute Gasteiger partial charge is 0.300 e. The summed E-state index contributed by atoms with van der Waals surface area (Å²) in [5.41, 5.74) is 2.76. The zero-order valence-corrected chi connectivity index (χ0v) is 13.6. The predicted molar refractivity (Wildman–Crippen MR) is 87.2 cm³/mol. The molecule has 1 aromatic carbocycles. The number of aromatic nitrogens is 2. The quantitative estimate of drug-likeness (QED) is 0.842. The molecule has 1 fully saturated rings. The summed E-state index contributed by atoms with van der Waals surface area (Å²) in [4.78, 5) is 11.2. The van der Waals surface area contributed by atoms with Gasteiger partial charge < -0.3 is 4.90 Å². The second-order valence-electron chi connectivity index (χ2n) is 6.15. The highest BCUT2D eigenvalue weighted by molar-refractivity contribution is 7.91. The Morgan fingerprint density at radius 2 is 2.05 bits per heavy atom. The Balaban J connectivity index is 1.55. The molecular weight excluding hydrogens is 298 g/mol. The van der Waals surface area contributed by atoms with Gasteiger partial charge >= 0.3 is 0 Å². The van der Waals surface area contributed by atoms with Gasteiger partial charge in [0.2, 0.25) is 0 Å². The average molecular weight is 319 g/mol. The van der Waals surface area contributed by atoms with Gasteiger partial charge in [-0.05, 0) is 44.5 Å². The molecule has 2 aromatic rings. The Morgan fingerprint density at radius 1 is 1.27 bits per heavy atom. The lowest BCUT2D eigenvalue weighted by molar-refractivity contribution is 0.296. The fraction of sp³-hybridized carbons (Fsp3) is 0.500. The van der Waals surface area contributed by atoms with Crippen molar-refractivity contribution in [1.29, 1.82) is 0 Å². The number of hydrogen-bond donors (Lipinski definition) is 0. The second-order valence-corrected chi connectivity index (χ2v) is 8.37. The molecule has 0 saturated carbocycles. The summed E-state index contributed by atoms with van der Waals surface area (Å²) >= 11 is 0. The van der Waals surface area contributed by atoms with E-state index in [0.717, 1.165) is 42.7 Å². The van der Waals surface area contributed by atoms with Gasteiger partial charge in [0.15, 0.2) is 9.84 Å². The van der Waals surface area contributed by atoms with Crippen LogP contribution < -0.4 is 0 Å². The molecule has 118 valence electrons. The van der Waals surface area contributed by atoms with Crippen LogP contribution in [0.15, 0.2) is 30.5 Å². The van der Waals surface area contributed by atoms with E-state index in [1.807, 2.05) is 37.5 Å². The standard InChI is InChI=1S/C16H21N3O2S/c1-19(8-6-13-7-9-22(20,21)12-13)11-14-10-17-15-4-2-3-5-16(15)18-14/h2-5,10,13H,6-9,11-12H2,1H3/t13-/m1/s1. The minimum Gasteiger partial charge on any atom is -0.300 e. The van der Waals surface area contributed by atoms with E-state index in [4.69, 9.17) is 0 Å². The maximum atomic E-state index is 11.5. The van der Waals surface area contributed by atoms with Crippen LogP contribution in [0.1, 0.15) is 18.5 Å². The highest BCUT2D eigenvalue weighted by Crippen LogP contribution is 2.21. The van der Waals surface area contributed by atoms with Crippen LogP contribution in [0.25, 0.3) is 11.0 Å². The maximum absolute atomic E-state index is 11.5. The van der Waals surface area contributed by atoms with E-state index in [2.05, 4.69) is 14.9 Å². The van der Waals surface area contributed by atoms with Crippen LogP contribution in [0.2, 0.25) is 0 Å². The molecule has 0 spiro atoms. The molecule has 22 heavy (non-hydrogen) atoms. The van der Waals surface area contributed by atoms with Crippen molar-refractivity contribution < 1.29 is 8.42 Å². The summed E-state index contributed by atoms with van der Waals surface area (Å²) < 4.78 is 22.9. The van der Waals surface area contributed by atoms with E-state index in [1.165, 1.54) is 0 Å². The molecule has 3 rings (SSSR count). The Labute approximate surface area is 131 Å². The van der Waals surface area contributed by atoms with Gasteiger partial charge in [-0.1, -0.05) is 12.1 Å². The van der Waals surface area contributed by atoms with Crippen molar-refractivity contribution in [3.63, 3.8) is 0 Å². The number of nitrogens with zero attached hydrogens (tertiary/aromatic N) is 3. The van der Waals surface area contributed by atoms with Gasteiger partial charge in [-0.25, -0.2) is 13.4 Å². The van der Waals surface area contributed by atoms with Crippen molar-refractivity contribution in [2.75, 3.05) is 25.1 Å². The molecule has 1 saturated heterocycles. The van der Waals surface area contributed by atoms with Crippen molar-refractivity contribution in [2.24, 2.45) is 5.92 Å². The highest BCUT2D eigenvalue weighted by Gasteiger charge is 2.27. The van der Waals surface area contributed by atoms with E-state index >= 15 is 0 Å². The number of hydrogen-bond acceptors (Lipinski definition) is 5. The first-order valence-electron chi connectivity index (χ1n) is 7.61. The Bertz CT molecular complexity index is 761. The van der Waals surface area contributed by atoms with Crippen molar-refractivity contribution in [3.8, 4) is 0 Å². The molecule has 1 aliphatic rings. The Morgan fingerprint density at radius 3 is 2.77 bits per heavy atom. The van der Waals surface area contributed by atoms with Gasteiger partial charge in [-0.15, -0.1) is 0 Å². The van der Waals surface area contributed by atoms with E-state index in [-0.39, 0.29) is 0 Å². The van der Waals surface area contributed by atoms with Crippen LogP contribution in [-0.4, -0.2) is 48.4 Å². The summed E-state index contributed by atoms with van der Waals surface area (Å²) in [5, 5.41) is 0. The van der Waals surface area contributed by atoms with Crippen LogP contribution in [-0.2, 0) is 16.4 Å². The molecule has 0 radical (unpaired) electrons. The van der Waals surface area contributed by atoms with Crippen LogP contribution in [0.3, 0.4) is 0 Å². The topological polar surface area (TPSA) is 63.2 Å². The normalized spacial score (nSPS) is 20.7. The zero-order valence-electron chi connectivity index (χ0n) is 12.8. The van der Waals surface area contributed by atoms with E-state index in [0.29, 0.717) is 17.4 Å². The number of sulfone groups is 1. The molecule has 0 amide bonds. The lowest BCUT2D eigenvalue weighted by Crippen LogP contribution is -2.22. The number of para-hydroxylation sites is 2. The van der Waals surface area contributed by atoms with E-state index in [9.17, 15) is 8.42 Å². The van der Waals surface area contributed by atoms with Gasteiger partial charge in [0, 0.05) is 6.54 Å². The number of fused-ring (bicyclic) bond motifs is 1. The van der Waals surface area contributed by atoms with Gasteiger partial charge in [0.1, 0.15) is 0 Å². The SMILES string of the molecule is CN(CC[C@@H]1CCS(=O)(=O)C1)Cc1cnc2ccccc2n1. The number of benzene rings is 1. The molecule has 1 aliphatic heterocycles. The first-order chi connectivity index (χ1) is 10.5. The van der Waals surface area contributed by atoms with Gasteiger partial charge in [-0.2, -0.15) is 0 Å². The molecular formula is C16H21N3O2S. The predicted octanol–water partition coefficient (Wildman–Crippen LogP) is 1.89. The van der Waals surface area contributed by atoms with Crippen LogP contribution in [0, 0.1) is 5.92 Å². The van der Waals surface area contributed by atoms with Crippen LogP contribution in [0.5, 0.6) is 0 Å². The first-order valence-corrected chi connectivity index (χ1v) is 9.44. The minimum absolute atomic E-state index is 0.315. The van der Waals surface area contributed by atoms with Crippen molar-refractivity contribution >= 4 is 20.9 Å². The zero-order chi connectivity index (χ0) is 15.6.